The molecule has 0 saturated carbocycles. The van der Waals surface area contributed by atoms with E-state index < -0.39 is 0 Å². The minimum Gasteiger partial charge on any atom is -0.383 e. The molecule has 0 aromatic heterocycles. The summed E-state index contributed by atoms with van der Waals surface area (Å²) < 4.78 is 5.28. The Morgan fingerprint density at radius 2 is 2.14 bits per heavy atom. The van der Waals surface area contributed by atoms with Crippen LogP contribution in [0.15, 0.2) is 0 Å². The van der Waals surface area contributed by atoms with Crippen LogP contribution in [0.1, 0.15) is 26.7 Å². The van der Waals surface area contributed by atoms with Crippen LogP contribution < -0.4 is 5.32 Å². The van der Waals surface area contributed by atoms with Crippen LogP contribution in [-0.4, -0.2) is 50.3 Å². The molecule has 0 spiro atoms. The molecule has 0 amide bonds. The van der Waals surface area contributed by atoms with Crippen LogP contribution in [0.4, 0.5) is 0 Å². The van der Waals surface area contributed by atoms with Gasteiger partial charge in [-0.15, -0.1) is 0 Å². The lowest BCUT2D eigenvalue weighted by Crippen LogP contribution is -2.60. The van der Waals surface area contributed by atoms with Crippen molar-refractivity contribution < 1.29 is 4.74 Å². The van der Waals surface area contributed by atoms with E-state index in [-0.39, 0.29) is 0 Å². The first-order valence-electron chi connectivity index (χ1n) is 5.78. The summed E-state index contributed by atoms with van der Waals surface area (Å²) in [5.41, 5.74) is 0. The van der Waals surface area contributed by atoms with Crippen molar-refractivity contribution in [3.05, 3.63) is 0 Å². The first-order chi connectivity index (χ1) is 6.83. The summed E-state index contributed by atoms with van der Waals surface area (Å²) in [4.78, 5) is 2.61. The molecule has 84 valence electrons. The molecule has 1 unspecified atom stereocenters. The summed E-state index contributed by atoms with van der Waals surface area (Å²) in [6, 6.07) is 1.35. The molecule has 0 aromatic carbocycles. The van der Waals surface area contributed by atoms with Gasteiger partial charge in [0.15, 0.2) is 0 Å². The largest absolute Gasteiger partial charge is 0.383 e. The van der Waals surface area contributed by atoms with E-state index in [9.17, 15) is 0 Å². The van der Waals surface area contributed by atoms with Crippen molar-refractivity contribution in [3.8, 4) is 0 Å². The van der Waals surface area contributed by atoms with Crippen molar-refractivity contribution in [1.29, 1.82) is 0 Å². The standard InChI is InChI=1S/C11H24N2O/c1-4-6-13(11-7-12-8-11)10(5-2)9-14-3/h10-12H,4-9H2,1-3H3. The fraction of sp³-hybridized carbons (Fsp3) is 1.00. The minimum absolute atomic E-state index is 0.604. The van der Waals surface area contributed by atoms with E-state index in [4.69, 9.17) is 4.74 Å². The number of nitrogens with zero attached hydrogens (tertiary/aromatic N) is 1. The van der Waals surface area contributed by atoms with E-state index in [2.05, 4.69) is 24.1 Å². The van der Waals surface area contributed by atoms with Crippen molar-refractivity contribution >= 4 is 0 Å². The van der Waals surface area contributed by atoms with Gasteiger partial charge >= 0.3 is 0 Å². The molecular formula is C11H24N2O. The highest BCUT2D eigenvalue weighted by Gasteiger charge is 2.28. The van der Waals surface area contributed by atoms with Gasteiger partial charge in [-0.3, -0.25) is 4.90 Å². The zero-order valence-corrected chi connectivity index (χ0v) is 9.75. The molecule has 1 N–H and O–H groups in total. The monoisotopic (exact) mass is 200 g/mol. The summed E-state index contributed by atoms with van der Waals surface area (Å²) in [6.45, 7) is 8.87. The third-order valence-corrected chi connectivity index (χ3v) is 3.01. The van der Waals surface area contributed by atoms with Crippen molar-refractivity contribution in [2.45, 2.75) is 38.8 Å². The Labute approximate surface area is 87.8 Å². The Morgan fingerprint density at radius 3 is 2.50 bits per heavy atom. The zero-order valence-electron chi connectivity index (χ0n) is 9.75. The van der Waals surface area contributed by atoms with Crippen LogP contribution in [0.5, 0.6) is 0 Å². The summed E-state index contributed by atoms with van der Waals surface area (Å²) in [5, 5.41) is 3.34. The molecule has 1 fully saturated rings. The normalized spacial score (nSPS) is 19.7. The average molecular weight is 200 g/mol. The Morgan fingerprint density at radius 1 is 1.43 bits per heavy atom. The SMILES string of the molecule is CCCN(C1CNC1)C(CC)COC. The highest BCUT2D eigenvalue weighted by atomic mass is 16.5. The van der Waals surface area contributed by atoms with Crippen LogP contribution in [0.25, 0.3) is 0 Å². The second kappa shape index (κ2) is 6.38. The topological polar surface area (TPSA) is 24.5 Å². The summed E-state index contributed by atoms with van der Waals surface area (Å²) >= 11 is 0. The molecule has 0 aromatic rings. The fourth-order valence-corrected chi connectivity index (χ4v) is 2.07. The van der Waals surface area contributed by atoms with Gasteiger partial charge in [-0.1, -0.05) is 13.8 Å². The van der Waals surface area contributed by atoms with E-state index in [0.29, 0.717) is 6.04 Å². The number of rotatable bonds is 7. The molecule has 3 heteroatoms. The molecule has 14 heavy (non-hydrogen) atoms. The van der Waals surface area contributed by atoms with E-state index >= 15 is 0 Å². The average Bonchev–Trinajstić information content (AvgIpc) is 2.11. The predicted octanol–water partition coefficient (Wildman–Crippen LogP) is 1.10. The number of hydrogen-bond donors (Lipinski definition) is 1. The fourth-order valence-electron chi connectivity index (χ4n) is 2.07. The Bertz CT molecular complexity index is 148. The minimum atomic E-state index is 0.604. The molecule has 3 nitrogen and oxygen atoms in total. The summed E-state index contributed by atoms with van der Waals surface area (Å²) in [5.74, 6) is 0. The Hall–Kier alpha value is -0.120. The Balaban J connectivity index is 2.44. The van der Waals surface area contributed by atoms with Gasteiger partial charge in [-0.25, -0.2) is 0 Å². The molecular weight excluding hydrogens is 176 g/mol. The van der Waals surface area contributed by atoms with Crippen LogP contribution in [0.2, 0.25) is 0 Å². The van der Waals surface area contributed by atoms with Crippen molar-refractivity contribution in [3.63, 3.8) is 0 Å². The highest BCUT2D eigenvalue weighted by molar-refractivity contribution is 4.87. The van der Waals surface area contributed by atoms with Crippen LogP contribution in [0, 0.1) is 0 Å². The van der Waals surface area contributed by atoms with Gasteiger partial charge < -0.3 is 10.1 Å². The predicted molar refractivity (Wildman–Crippen MR) is 59.6 cm³/mol. The lowest BCUT2D eigenvalue weighted by Gasteiger charge is -2.42. The number of methoxy groups -OCH3 is 1. The summed E-state index contributed by atoms with van der Waals surface area (Å²) in [6.07, 6.45) is 2.42. The van der Waals surface area contributed by atoms with E-state index in [1.165, 1.54) is 19.4 Å². The smallest absolute Gasteiger partial charge is 0.0618 e. The van der Waals surface area contributed by atoms with E-state index in [1.54, 1.807) is 7.11 Å². The second-order valence-corrected chi connectivity index (χ2v) is 4.07. The molecule has 1 atom stereocenters. The van der Waals surface area contributed by atoms with Gasteiger partial charge in [-0.2, -0.15) is 0 Å². The van der Waals surface area contributed by atoms with Crippen LogP contribution in [0.3, 0.4) is 0 Å². The maximum atomic E-state index is 5.28. The molecule has 1 aliphatic rings. The second-order valence-electron chi connectivity index (χ2n) is 4.07. The van der Waals surface area contributed by atoms with E-state index in [1.807, 2.05) is 0 Å². The quantitative estimate of drug-likeness (QED) is 0.666. The zero-order chi connectivity index (χ0) is 10.4. The summed E-state index contributed by atoms with van der Waals surface area (Å²) in [7, 11) is 1.80. The van der Waals surface area contributed by atoms with Gasteiger partial charge in [0, 0.05) is 32.3 Å². The number of nitrogens with one attached hydrogen (secondary N) is 1. The van der Waals surface area contributed by atoms with Crippen LogP contribution >= 0.6 is 0 Å². The molecule has 0 aliphatic carbocycles. The lowest BCUT2D eigenvalue weighted by molar-refractivity contribution is 0.0395. The first kappa shape index (κ1) is 12.0. The van der Waals surface area contributed by atoms with Gasteiger partial charge in [0.05, 0.1) is 6.61 Å². The van der Waals surface area contributed by atoms with E-state index in [0.717, 1.165) is 25.7 Å². The molecule has 1 aliphatic heterocycles. The molecule has 0 bridgehead atoms. The van der Waals surface area contributed by atoms with Crippen molar-refractivity contribution in [2.75, 3.05) is 33.4 Å². The van der Waals surface area contributed by atoms with Crippen molar-refractivity contribution in [1.82, 2.24) is 10.2 Å². The maximum absolute atomic E-state index is 5.28. The van der Waals surface area contributed by atoms with Gasteiger partial charge in [-0.05, 0) is 19.4 Å². The third kappa shape index (κ3) is 2.94. The molecule has 1 rings (SSSR count). The highest BCUT2D eigenvalue weighted by Crippen LogP contribution is 2.13. The van der Waals surface area contributed by atoms with Crippen molar-refractivity contribution in [2.24, 2.45) is 0 Å². The molecule has 0 radical (unpaired) electrons. The maximum Gasteiger partial charge on any atom is 0.0618 e. The lowest BCUT2D eigenvalue weighted by atomic mass is 10.1. The van der Waals surface area contributed by atoms with Gasteiger partial charge in [0.25, 0.3) is 0 Å². The number of ether oxygens (including phenoxy) is 1. The molecule has 1 saturated heterocycles. The van der Waals surface area contributed by atoms with Gasteiger partial charge in [0.2, 0.25) is 0 Å². The van der Waals surface area contributed by atoms with Gasteiger partial charge in [0.1, 0.15) is 0 Å². The Kier molecular flexibility index (Phi) is 5.45. The first-order valence-corrected chi connectivity index (χ1v) is 5.78. The van der Waals surface area contributed by atoms with Crippen LogP contribution in [-0.2, 0) is 4.74 Å². The number of hydrogen-bond acceptors (Lipinski definition) is 3. The molecule has 1 heterocycles. The third-order valence-electron chi connectivity index (χ3n) is 3.01.